The topological polar surface area (TPSA) is 106 Å². The molecule has 2 aromatic rings. The molecule has 27 heavy (non-hydrogen) atoms. The third-order valence-corrected chi connectivity index (χ3v) is 4.39. The number of esters is 1. The normalized spacial score (nSPS) is 11.3. The van der Waals surface area contributed by atoms with E-state index >= 15 is 0 Å². The Kier molecular flexibility index (Phi) is 6.50. The molecule has 1 aromatic heterocycles. The number of carbonyl (C=O) groups excluding carboxylic acids is 1. The Morgan fingerprint density at radius 3 is 2.41 bits per heavy atom. The molecule has 0 atom stereocenters. The molecule has 0 aliphatic heterocycles. The number of nitrogens with one attached hydrogen (secondary N) is 1. The molecule has 0 fully saturated rings. The number of aliphatic hydroxyl groups is 1. The lowest BCUT2D eigenvalue weighted by Crippen LogP contribution is -2.18. The Balaban J connectivity index is 2.92. The summed E-state index contributed by atoms with van der Waals surface area (Å²) in [4.78, 5) is 16.7. The Bertz CT molecular complexity index is 943. The number of ether oxygens (including phenoxy) is 1. The minimum absolute atomic E-state index is 0.0737. The van der Waals surface area contributed by atoms with E-state index in [9.17, 15) is 22.7 Å². The molecule has 146 valence electrons. The van der Waals surface area contributed by atoms with Gasteiger partial charge in [0, 0.05) is 11.1 Å². The second-order valence-corrected chi connectivity index (χ2v) is 7.66. The average molecular weight is 396 g/mol. The number of carbonyl (C=O) groups is 1. The first-order chi connectivity index (χ1) is 12.7. The largest absolute Gasteiger partial charge is 0.465 e. The number of aryl methyl sites for hydroxylation is 1. The molecule has 0 amide bonds. The summed E-state index contributed by atoms with van der Waals surface area (Å²) in [5, 5.41) is 9.91. The number of hydrogen-bond acceptors (Lipinski definition) is 6. The number of methoxy groups -OCH3 is 1. The van der Waals surface area contributed by atoms with E-state index < -0.39 is 28.4 Å². The summed E-state index contributed by atoms with van der Waals surface area (Å²) in [6.07, 6.45) is 1.97. The van der Waals surface area contributed by atoms with Crippen LogP contribution in [0.4, 0.5) is 10.2 Å². The predicted molar refractivity (Wildman–Crippen MR) is 99.4 cm³/mol. The van der Waals surface area contributed by atoms with Crippen molar-refractivity contribution in [3.8, 4) is 11.1 Å². The zero-order valence-corrected chi connectivity index (χ0v) is 16.1. The fourth-order valence-electron chi connectivity index (χ4n) is 2.76. The number of aromatic nitrogens is 1. The maximum atomic E-state index is 13.4. The number of pyridine rings is 1. The lowest BCUT2D eigenvalue weighted by atomic mass is 9.92. The van der Waals surface area contributed by atoms with E-state index in [2.05, 4.69) is 9.71 Å². The van der Waals surface area contributed by atoms with Gasteiger partial charge in [-0.1, -0.05) is 25.5 Å². The van der Waals surface area contributed by atoms with Crippen molar-refractivity contribution in [2.75, 3.05) is 18.1 Å². The number of sulfonamides is 1. The highest BCUT2D eigenvalue weighted by atomic mass is 32.2. The van der Waals surface area contributed by atoms with Crippen LogP contribution in [0, 0.1) is 5.82 Å². The van der Waals surface area contributed by atoms with Crippen LogP contribution < -0.4 is 4.72 Å². The zero-order chi connectivity index (χ0) is 20.2. The van der Waals surface area contributed by atoms with E-state index in [4.69, 9.17) is 4.74 Å². The van der Waals surface area contributed by atoms with E-state index in [0.717, 1.165) is 6.26 Å². The van der Waals surface area contributed by atoms with Crippen molar-refractivity contribution in [1.82, 2.24) is 4.98 Å². The van der Waals surface area contributed by atoms with Crippen molar-refractivity contribution in [2.45, 2.75) is 26.4 Å². The Hall–Kier alpha value is -2.52. The first-order valence-corrected chi connectivity index (χ1v) is 10.1. The van der Waals surface area contributed by atoms with E-state index in [-0.39, 0.29) is 22.5 Å². The quantitative estimate of drug-likeness (QED) is 0.697. The molecule has 0 spiro atoms. The van der Waals surface area contributed by atoms with Crippen molar-refractivity contribution < 1.29 is 27.4 Å². The number of anilines is 1. The van der Waals surface area contributed by atoms with Crippen LogP contribution in [0.1, 0.15) is 35.0 Å². The maximum Gasteiger partial charge on any atom is 0.340 e. The van der Waals surface area contributed by atoms with E-state index in [0.29, 0.717) is 24.1 Å². The SMILES string of the molecule is CCCc1nc(NS(C)(=O)=O)c(CO)c(-c2ccc(F)cc2)c1C(=O)OC. The summed E-state index contributed by atoms with van der Waals surface area (Å²) >= 11 is 0. The van der Waals surface area contributed by atoms with Gasteiger partial charge in [0.25, 0.3) is 0 Å². The van der Waals surface area contributed by atoms with Gasteiger partial charge in [0.1, 0.15) is 11.6 Å². The molecule has 0 bridgehead atoms. The smallest absolute Gasteiger partial charge is 0.340 e. The number of nitrogens with zero attached hydrogens (tertiary/aromatic N) is 1. The second-order valence-electron chi connectivity index (χ2n) is 5.92. The van der Waals surface area contributed by atoms with Gasteiger partial charge in [0.15, 0.2) is 0 Å². The molecule has 0 saturated heterocycles. The van der Waals surface area contributed by atoms with Crippen molar-refractivity contribution in [3.05, 3.63) is 46.9 Å². The summed E-state index contributed by atoms with van der Waals surface area (Å²) in [7, 11) is -2.47. The summed E-state index contributed by atoms with van der Waals surface area (Å²) < 4.78 is 44.0. The summed E-state index contributed by atoms with van der Waals surface area (Å²) in [6, 6.07) is 5.30. The molecule has 0 aliphatic rings. The van der Waals surface area contributed by atoms with Gasteiger partial charge in [0.05, 0.1) is 31.2 Å². The molecule has 1 aromatic carbocycles. The zero-order valence-electron chi connectivity index (χ0n) is 15.2. The van der Waals surface area contributed by atoms with Gasteiger partial charge >= 0.3 is 5.97 Å². The third-order valence-electron chi connectivity index (χ3n) is 3.82. The van der Waals surface area contributed by atoms with Crippen molar-refractivity contribution in [2.24, 2.45) is 0 Å². The van der Waals surface area contributed by atoms with E-state index in [1.165, 1.54) is 31.4 Å². The highest BCUT2D eigenvalue weighted by Crippen LogP contribution is 2.35. The summed E-state index contributed by atoms with van der Waals surface area (Å²) in [6.45, 7) is 1.29. The molecule has 9 heteroatoms. The van der Waals surface area contributed by atoms with Crippen molar-refractivity contribution >= 4 is 21.8 Å². The standard InChI is InChI=1S/C18H21FN2O5S/c1-4-5-14-16(18(23)26-2)15(11-6-8-12(19)9-7-11)13(10-22)17(20-14)21-27(3,24)25/h6-9,22H,4-5,10H2,1-3H3,(H,20,21). The van der Waals surface area contributed by atoms with Gasteiger partial charge in [0.2, 0.25) is 10.0 Å². The lowest BCUT2D eigenvalue weighted by molar-refractivity contribution is 0.0599. The Morgan fingerprint density at radius 1 is 1.30 bits per heavy atom. The van der Waals surface area contributed by atoms with Gasteiger partial charge in [-0.15, -0.1) is 0 Å². The van der Waals surface area contributed by atoms with Crippen molar-refractivity contribution in [1.29, 1.82) is 0 Å². The molecule has 2 rings (SSSR count). The first kappa shape index (κ1) is 20.8. The molecular formula is C18H21FN2O5S. The summed E-state index contributed by atoms with van der Waals surface area (Å²) in [5.74, 6) is -1.22. The van der Waals surface area contributed by atoms with Crippen LogP contribution in [-0.2, 0) is 27.8 Å². The van der Waals surface area contributed by atoms with Gasteiger partial charge in [-0.05, 0) is 24.1 Å². The highest BCUT2D eigenvalue weighted by Gasteiger charge is 2.26. The lowest BCUT2D eigenvalue weighted by Gasteiger charge is -2.20. The molecular weight excluding hydrogens is 375 g/mol. The fourth-order valence-corrected chi connectivity index (χ4v) is 3.28. The molecule has 0 saturated carbocycles. The van der Waals surface area contributed by atoms with Gasteiger partial charge in [-0.25, -0.2) is 22.6 Å². The van der Waals surface area contributed by atoms with Crippen LogP contribution in [0.2, 0.25) is 0 Å². The van der Waals surface area contributed by atoms with Gasteiger partial charge in [-0.2, -0.15) is 0 Å². The molecule has 0 unspecified atom stereocenters. The van der Waals surface area contributed by atoms with Crippen LogP contribution in [0.5, 0.6) is 0 Å². The number of rotatable bonds is 7. The minimum Gasteiger partial charge on any atom is -0.465 e. The average Bonchev–Trinajstić information content (AvgIpc) is 2.60. The highest BCUT2D eigenvalue weighted by molar-refractivity contribution is 7.92. The van der Waals surface area contributed by atoms with Crippen LogP contribution >= 0.6 is 0 Å². The third kappa shape index (κ3) is 4.81. The van der Waals surface area contributed by atoms with Crippen LogP contribution in [0.25, 0.3) is 11.1 Å². The summed E-state index contributed by atoms with van der Waals surface area (Å²) in [5.41, 5.74) is 1.24. The fraction of sp³-hybridized carbons (Fsp3) is 0.333. The predicted octanol–water partition coefficient (Wildman–Crippen LogP) is 2.49. The molecule has 7 nitrogen and oxygen atoms in total. The number of aliphatic hydroxyl groups excluding tert-OH is 1. The van der Waals surface area contributed by atoms with E-state index in [1.54, 1.807) is 0 Å². The first-order valence-electron chi connectivity index (χ1n) is 8.20. The Labute approximate surface area is 157 Å². The van der Waals surface area contributed by atoms with E-state index in [1.807, 2.05) is 6.92 Å². The number of hydrogen-bond donors (Lipinski definition) is 2. The molecule has 0 radical (unpaired) electrons. The van der Waals surface area contributed by atoms with Crippen LogP contribution in [0.15, 0.2) is 24.3 Å². The van der Waals surface area contributed by atoms with Gasteiger partial charge < -0.3 is 9.84 Å². The second kappa shape index (κ2) is 8.45. The Morgan fingerprint density at radius 2 is 1.93 bits per heavy atom. The van der Waals surface area contributed by atoms with Crippen LogP contribution in [0.3, 0.4) is 0 Å². The monoisotopic (exact) mass is 396 g/mol. The molecule has 2 N–H and O–H groups in total. The minimum atomic E-state index is -3.69. The van der Waals surface area contributed by atoms with Gasteiger partial charge in [-0.3, -0.25) is 4.72 Å². The molecule has 1 heterocycles. The number of benzene rings is 1. The van der Waals surface area contributed by atoms with Crippen LogP contribution in [-0.4, -0.2) is 37.8 Å². The maximum absolute atomic E-state index is 13.4. The van der Waals surface area contributed by atoms with Crippen molar-refractivity contribution in [3.63, 3.8) is 0 Å². The molecule has 0 aliphatic carbocycles. The number of halogens is 1.